The summed E-state index contributed by atoms with van der Waals surface area (Å²) in [6, 6.07) is 0. The number of alkyl halides is 23. The van der Waals surface area contributed by atoms with Gasteiger partial charge in [-0.1, -0.05) is 0 Å². The van der Waals surface area contributed by atoms with Crippen LogP contribution in [0.4, 0.5) is 105 Å². The Morgan fingerprint density at radius 2 is 0.600 bits per heavy atom. The molecule has 0 unspecified atom stereocenters. The van der Waals surface area contributed by atoms with E-state index >= 15 is 0 Å². The van der Waals surface area contributed by atoms with Crippen LogP contribution in [0.3, 0.4) is 0 Å². The molecule has 0 saturated carbocycles. The first-order chi connectivity index (χ1) is 16.8. The molecule has 2 nitrogen and oxygen atoms in total. The molecule has 1 N–H and O–H groups in total. The molecule has 0 bridgehead atoms. The first-order valence-corrected chi connectivity index (χ1v) is 8.29. The summed E-state index contributed by atoms with van der Waals surface area (Å²) in [6.07, 6.45) is -10.0. The van der Waals surface area contributed by atoms with Crippen molar-refractivity contribution < 1.29 is 115 Å². The summed E-state index contributed by atoms with van der Waals surface area (Å²) in [7, 11) is 0. The molecule has 0 radical (unpaired) electrons. The fraction of sp³-hybridized carbons (Fsp3) is 0.786. The molecular formula is C14H2F24O2. The molecule has 40 heavy (non-hydrogen) atoms. The Kier molecular flexibility index (Phi) is 8.70. The Bertz CT molecular complexity index is 1000. The van der Waals surface area contributed by atoms with Crippen molar-refractivity contribution in [2.24, 2.45) is 0 Å². The summed E-state index contributed by atoms with van der Waals surface area (Å²) in [5.74, 6) is -98.3. The second-order valence-electron chi connectivity index (χ2n) is 7.07. The van der Waals surface area contributed by atoms with E-state index in [9.17, 15) is 110 Å². The van der Waals surface area contributed by atoms with Crippen molar-refractivity contribution in [3.05, 3.63) is 11.9 Å². The molecule has 0 aromatic rings. The van der Waals surface area contributed by atoms with E-state index in [0.29, 0.717) is 0 Å². The van der Waals surface area contributed by atoms with Gasteiger partial charge < -0.3 is 5.11 Å². The number of carboxylic acids is 1. The Morgan fingerprint density at radius 1 is 0.400 bits per heavy atom. The zero-order valence-corrected chi connectivity index (χ0v) is 17.0. The lowest BCUT2D eigenvalue weighted by Gasteiger charge is -2.45. The van der Waals surface area contributed by atoms with Crippen LogP contribution < -0.4 is 0 Å². The van der Waals surface area contributed by atoms with Crippen LogP contribution in [0.25, 0.3) is 0 Å². The van der Waals surface area contributed by atoms with Gasteiger partial charge in [0.05, 0.1) is 6.08 Å². The molecule has 0 spiro atoms. The molecule has 0 amide bonds. The third kappa shape index (κ3) is 4.45. The molecule has 0 aromatic heterocycles. The Balaban J connectivity index is 7.32. The number of hydrogen-bond acceptors (Lipinski definition) is 1. The van der Waals surface area contributed by atoms with Gasteiger partial charge in [0, 0.05) is 0 Å². The third-order valence-corrected chi connectivity index (χ3v) is 4.46. The zero-order valence-electron chi connectivity index (χ0n) is 17.0. The maximum absolute atomic E-state index is 13.5. The fourth-order valence-electron chi connectivity index (χ4n) is 2.10. The van der Waals surface area contributed by atoms with E-state index in [1.807, 2.05) is 0 Å². The summed E-state index contributed by atoms with van der Waals surface area (Å²) < 4.78 is 315. The van der Waals surface area contributed by atoms with E-state index < -0.39 is 83.3 Å². The van der Waals surface area contributed by atoms with E-state index in [1.54, 1.807) is 0 Å². The lowest BCUT2D eigenvalue weighted by atomic mass is 9.85. The van der Waals surface area contributed by atoms with Crippen LogP contribution in [-0.4, -0.2) is 76.5 Å². The van der Waals surface area contributed by atoms with Crippen molar-refractivity contribution in [2.75, 3.05) is 0 Å². The van der Waals surface area contributed by atoms with Gasteiger partial charge in [-0.2, -0.15) is 101 Å². The average Bonchev–Trinajstić information content (AvgIpc) is 2.70. The summed E-state index contributed by atoms with van der Waals surface area (Å²) >= 11 is 0. The van der Waals surface area contributed by atoms with Crippen LogP contribution >= 0.6 is 0 Å². The SMILES string of the molecule is O=C(O)/C=C(\F)C(F)(F)C(F)(F)C(F)(F)C(F)(F)C(F)(F)C(F)(F)C(F)(F)C(F)(F)C(F)(F)C(F)(F)C(F)(F)F. The van der Waals surface area contributed by atoms with Crippen LogP contribution in [0.2, 0.25) is 0 Å². The van der Waals surface area contributed by atoms with Crippen molar-refractivity contribution in [3.63, 3.8) is 0 Å². The number of halogens is 24. The molecule has 0 fully saturated rings. The molecule has 238 valence electrons. The highest BCUT2D eigenvalue weighted by Gasteiger charge is 2.99. The highest BCUT2D eigenvalue weighted by atomic mass is 19.4. The Labute approximate surface area is 200 Å². The molecule has 0 rings (SSSR count). The minimum absolute atomic E-state index is 1.87. The number of carbonyl (C=O) groups is 1. The summed E-state index contributed by atoms with van der Waals surface area (Å²) in [5, 5.41) is 7.86. The first-order valence-electron chi connectivity index (χ1n) is 8.29. The maximum Gasteiger partial charge on any atom is 0.460 e. The van der Waals surface area contributed by atoms with Gasteiger partial charge in [-0.25, -0.2) is 9.18 Å². The number of allylic oxidation sites excluding steroid dienone is 1. The quantitative estimate of drug-likeness (QED) is 0.182. The molecule has 26 heteroatoms. The van der Waals surface area contributed by atoms with Crippen LogP contribution in [0, 0.1) is 0 Å². The standard InChI is InChI=1S/C14H2F24O2/c15-2(1-3(39)40)4(16,17)5(18,19)6(20,21)7(22,23)8(24,25)9(26,27)10(28,29)11(30,31)12(32,33)13(34,35)14(36,37)38/h1H,(H,39,40)/b2-1-. The van der Waals surface area contributed by atoms with Crippen LogP contribution in [-0.2, 0) is 4.79 Å². The van der Waals surface area contributed by atoms with Gasteiger partial charge in [0.15, 0.2) is 5.83 Å². The maximum atomic E-state index is 13.5. The van der Waals surface area contributed by atoms with E-state index in [4.69, 9.17) is 5.11 Å². The van der Waals surface area contributed by atoms with Gasteiger partial charge in [-0.15, -0.1) is 0 Å². The van der Waals surface area contributed by atoms with Gasteiger partial charge in [0.25, 0.3) is 0 Å². The molecule has 0 aromatic carbocycles. The van der Waals surface area contributed by atoms with Gasteiger partial charge in [-0.3, -0.25) is 0 Å². The van der Waals surface area contributed by atoms with Gasteiger partial charge in [0.1, 0.15) is 0 Å². The van der Waals surface area contributed by atoms with Gasteiger partial charge >= 0.3 is 71.4 Å². The third-order valence-electron chi connectivity index (χ3n) is 4.46. The normalized spacial score (nSPS) is 16.9. The van der Waals surface area contributed by atoms with Crippen molar-refractivity contribution >= 4 is 5.97 Å². The second-order valence-corrected chi connectivity index (χ2v) is 7.07. The van der Waals surface area contributed by atoms with Gasteiger partial charge in [-0.05, 0) is 0 Å². The highest BCUT2D eigenvalue weighted by molar-refractivity contribution is 5.80. The lowest BCUT2D eigenvalue weighted by Crippen LogP contribution is -2.77. The highest BCUT2D eigenvalue weighted by Crippen LogP contribution is 2.67. The first kappa shape index (κ1) is 37.5. The van der Waals surface area contributed by atoms with Crippen molar-refractivity contribution in [1.82, 2.24) is 0 Å². The minimum Gasteiger partial charge on any atom is -0.478 e. The predicted octanol–water partition coefficient (Wildman–Crippen LogP) is 7.84. The average molecular weight is 658 g/mol. The molecular weight excluding hydrogens is 656 g/mol. The number of hydrogen-bond donors (Lipinski definition) is 1. The number of aliphatic carboxylic acids is 1. The van der Waals surface area contributed by atoms with Crippen LogP contribution in [0.1, 0.15) is 0 Å². The Hall–Kier alpha value is -2.47. The minimum atomic E-state index is -9.57. The molecule has 0 aliphatic heterocycles. The Morgan fingerprint density at radius 3 is 0.800 bits per heavy atom. The van der Waals surface area contributed by atoms with E-state index in [-0.39, 0.29) is 0 Å². The largest absolute Gasteiger partial charge is 0.478 e. The van der Waals surface area contributed by atoms with E-state index in [1.165, 1.54) is 0 Å². The van der Waals surface area contributed by atoms with Crippen LogP contribution in [0.15, 0.2) is 11.9 Å². The summed E-state index contributed by atoms with van der Waals surface area (Å²) in [5.41, 5.74) is 0. The summed E-state index contributed by atoms with van der Waals surface area (Å²) in [6.45, 7) is 0. The van der Waals surface area contributed by atoms with Crippen LogP contribution in [0.5, 0.6) is 0 Å². The van der Waals surface area contributed by atoms with E-state index in [2.05, 4.69) is 0 Å². The molecule has 0 saturated heterocycles. The number of carboxylic acid groups (broad SMARTS) is 1. The van der Waals surface area contributed by atoms with E-state index in [0.717, 1.165) is 0 Å². The topological polar surface area (TPSA) is 37.3 Å². The van der Waals surface area contributed by atoms with Crippen molar-refractivity contribution in [1.29, 1.82) is 0 Å². The molecule has 0 atom stereocenters. The lowest BCUT2D eigenvalue weighted by molar-refractivity contribution is -0.478. The second kappa shape index (κ2) is 9.27. The van der Waals surface area contributed by atoms with Crippen molar-refractivity contribution in [2.45, 2.75) is 65.4 Å². The predicted molar refractivity (Wildman–Crippen MR) is 72.4 cm³/mol. The monoisotopic (exact) mass is 658 g/mol. The molecule has 0 heterocycles. The zero-order chi connectivity index (χ0) is 33.4. The summed E-state index contributed by atoms with van der Waals surface area (Å²) in [4.78, 5) is 9.95. The molecule has 0 aliphatic carbocycles. The number of rotatable bonds is 11. The van der Waals surface area contributed by atoms with Gasteiger partial charge in [0.2, 0.25) is 0 Å². The smallest absolute Gasteiger partial charge is 0.460 e. The van der Waals surface area contributed by atoms with Crippen molar-refractivity contribution in [3.8, 4) is 0 Å². The fourth-order valence-corrected chi connectivity index (χ4v) is 2.10. The molecule has 0 aliphatic rings.